The summed E-state index contributed by atoms with van der Waals surface area (Å²) in [4.78, 5) is 0. The largest absolute Gasteiger partial charge is 0.359 e. The van der Waals surface area contributed by atoms with Crippen LogP contribution in [0.4, 0.5) is 0 Å². The van der Waals surface area contributed by atoms with Crippen LogP contribution in [-0.2, 0) is 0 Å². The summed E-state index contributed by atoms with van der Waals surface area (Å²) < 4.78 is 0. The number of hydrogen-bond donors (Lipinski definition) is 1. The Hall–Kier alpha value is 0.0249. The lowest BCUT2D eigenvalue weighted by atomic mass is 9.57. The van der Waals surface area contributed by atoms with Crippen LogP contribution in [0.1, 0.15) is 26.2 Å². The van der Waals surface area contributed by atoms with Crippen LogP contribution >= 0.6 is 0 Å². The average Bonchev–Trinajstić information content (AvgIpc) is 2.37. The molecule has 1 saturated carbocycles. The highest BCUT2D eigenvalue weighted by Gasteiger charge is 2.25. The molecule has 0 saturated heterocycles. The van der Waals surface area contributed by atoms with E-state index in [-0.39, 0.29) is 0 Å². The molecule has 0 aromatic heterocycles. The van der Waals surface area contributed by atoms with E-state index >= 15 is 0 Å². The molecule has 0 aromatic carbocycles. The van der Waals surface area contributed by atoms with Crippen molar-refractivity contribution in [3.05, 3.63) is 0 Å². The van der Waals surface area contributed by atoms with E-state index in [1.165, 1.54) is 25.6 Å². The Morgan fingerprint density at radius 1 is 1.45 bits per heavy atom. The van der Waals surface area contributed by atoms with Crippen molar-refractivity contribution in [3.8, 4) is 0 Å². The molecule has 0 aliphatic heterocycles. The van der Waals surface area contributed by atoms with Gasteiger partial charge < -0.3 is 5.23 Å². The maximum Gasteiger partial charge on any atom is 0.217 e. The third kappa shape index (κ3) is 2.51. The molecule has 2 heteroatoms. The van der Waals surface area contributed by atoms with E-state index < -0.39 is 0 Å². The second-order valence-corrected chi connectivity index (χ2v) is 4.09. The maximum atomic E-state index is 3.31. The van der Waals surface area contributed by atoms with Crippen LogP contribution in [0.25, 0.3) is 0 Å². The number of hydrogen-bond acceptors (Lipinski definition) is 1. The van der Waals surface area contributed by atoms with Crippen LogP contribution < -0.4 is 5.23 Å². The molecule has 1 rings (SSSR count). The van der Waals surface area contributed by atoms with E-state index in [4.69, 9.17) is 0 Å². The quantitative estimate of drug-likeness (QED) is 0.613. The van der Waals surface area contributed by atoms with Crippen LogP contribution in [0.2, 0.25) is 13.1 Å². The first-order chi connectivity index (χ1) is 5.24. The number of rotatable bonds is 3. The molecule has 0 heterocycles. The van der Waals surface area contributed by atoms with Gasteiger partial charge in [-0.2, -0.15) is 0 Å². The Morgan fingerprint density at radius 3 is 2.64 bits per heavy atom. The van der Waals surface area contributed by atoms with Gasteiger partial charge in [0.1, 0.15) is 0 Å². The Morgan fingerprint density at radius 2 is 2.18 bits per heavy atom. The zero-order valence-electron chi connectivity index (χ0n) is 8.06. The smallest absolute Gasteiger partial charge is 0.217 e. The van der Waals surface area contributed by atoms with Gasteiger partial charge in [-0.05, 0) is 18.9 Å². The maximum absolute atomic E-state index is 3.31. The highest BCUT2D eigenvalue weighted by Crippen LogP contribution is 2.34. The van der Waals surface area contributed by atoms with Gasteiger partial charge in [0, 0.05) is 0 Å². The van der Waals surface area contributed by atoms with Gasteiger partial charge in [0.25, 0.3) is 0 Å². The second kappa shape index (κ2) is 4.15. The third-order valence-corrected chi connectivity index (χ3v) is 3.19. The van der Waals surface area contributed by atoms with E-state index in [1.54, 1.807) is 0 Å². The standard InChI is InChI=1S/C9H20BN/c1-8-5-4-6-9(8)7-10(2)11-3/h8-9,11H,4-7H2,1-3H3/t8-,9?/m0/s1. The molecule has 0 spiro atoms. The predicted octanol–water partition coefficient (Wildman–Crippen LogP) is 2.26. The van der Waals surface area contributed by atoms with Crippen molar-refractivity contribution >= 4 is 6.85 Å². The lowest BCUT2D eigenvalue weighted by Crippen LogP contribution is -2.29. The van der Waals surface area contributed by atoms with E-state index in [2.05, 4.69) is 26.0 Å². The molecule has 64 valence electrons. The normalized spacial score (nSPS) is 30.8. The van der Waals surface area contributed by atoms with Gasteiger partial charge in [-0.25, -0.2) is 0 Å². The Kier molecular flexibility index (Phi) is 3.44. The Labute approximate surface area is 71.0 Å². The molecule has 1 nitrogen and oxygen atoms in total. The molecule has 1 unspecified atom stereocenters. The van der Waals surface area contributed by atoms with Crippen molar-refractivity contribution in [1.82, 2.24) is 5.23 Å². The second-order valence-electron chi connectivity index (χ2n) is 4.09. The Balaban J connectivity index is 2.24. The SMILES string of the molecule is CNB(C)CC1CCC[C@@H]1C. The highest BCUT2D eigenvalue weighted by atomic mass is 14.7. The first-order valence-corrected chi connectivity index (χ1v) is 4.91. The molecule has 2 atom stereocenters. The fourth-order valence-electron chi connectivity index (χ4n) is 2.14. The van der Waals surface area contributed by atoms with Gasteiger partial charge in [-0.1, -0.05) is 39.3 Å². The first kappa shape index (κ1) is 9.12. The summed E-state index contributed by atoms with van der Waals surface area (Å²) in [5.41, 5.74) is 0. The van der Waals surface area contributed by atoms with Crippen molar-refractivity contribution in [2.45, 2.75) is 39.3 Å². The fourth-order valence-corrected chi connectivity index (χ4v) is 2.14. The molecular formula is C9H20BN. The van der Waals surface area contributed by atoms with Crippen LogP contribution in [0.15, 0.2) is 0 Å². The van der Waals surface area contributed by atoms with Crippen molar-refractivity contribution < 1.29 is 0 Å². The van der Waals surface area contributed by atoms with E-state index in [9.17, 15) is 0 Å². The molecule has 11 heavy (non-hydrogen) atoms. The van der Waals surface area contributed by atoms with Crippen LogP contribution in [0.3, 0.4) is 0 Å². The summed E-state index contributed by atoms with van der Waals surface area (Å²) in [6.07, 6.45) is 5.76. The molecule has 0 radical (unpaired) electrons. The zero-order chi connectivity index (χ0) is 8.27. The molecule has 1 fully saturated rings. The van der Waals surface area contributed by atoms with E-state index in [1.807, 2.05) is 0 Å². The van der Waals surface area contributed by atoms with Crippen LogP contribution in [0, 0.1) is 11.8 Å². The molecule has 1 aliphatic carbocycles. The van der Waals surface area contributed by atoms with E-state index in [0.29, 0.717) is 6.85 Å². The summed E-state index contributed by atoms with van der Waals surface area (Å²) >= 11 is 0. The first-order valence-electron chi connectivity index (χ1n) is 4.91. The fraction of sp³-hybridized carbons (Fsp3) is 1.00. The molecule has 0 aromatic rings. The minimum Gasteiger partial charge on any atom is -0.359 e. The van der Waals surface area contributed by atoms with Gasteiger partial charge in [0.05, 0.1) is 0 Å². The predicted molar refractivity (Wildman–Crippen MR) is 52.0 cm³/mol. The van der Waals surface area contributed by atoms with Gasteiger partial charge in [-0.3, -0.25) is 0 Å². The van der Waals surface area contributed by atoms with Crippen LogP contribution in [0.5, 0.6) is 0 Å². The lowest BCUT2D eigenvalue weighted by Gasteiger charge is -2.17. The summed E-state index contributed by atoms with van der Waals surface area (Å²) in [6.45, 7) is 5.39. The van der Waals surface area contributed by atoms with Crippen LogP contribution in [-0.4, -0.2) is 13.9 Å². The van der Waals surface area contributed by atoms with Crippen molar-refractivity contribution in [3.63, 3.8) is 0 Å². The van der Waals surface area contributed by atoms with Gasteiger partial charge in [-0.15, -0.1) is 0 Å². The monoisotopic (exact) mass is 153 g/mol. The van der Waals surface area contributed by atoms with Gasteiger partial charge in [0.15, 0.2) is 0 Å². The summed E-state index contributed by atoms with van der Waals surface area (Å²) in [5, 5.41) is 3.31. The minimum atomic E-state index is 0.709. The zero-order valence-corrected chi connectivity index (χ0v) is 8.06. The van der Waals surface area contributed by atoms with Gasteiger partial charge >= 0.3 is 0 Å². The third-order valence-electron chi connectivity index (χ3n) is 3.19. The number of nitrogens with one attached hydrogen (secondary N) is 1. The molecule has 0 bridgehead atoms. The molecule has 1 aliphatic rings. The summed E-state index contributed by atoms with van der Waals surface area (Å²) in [7, 11) is 2.06. The molecular weight excluding hydrogens is 133 g/mol. The topological polar surface area (TPSA) is 12.0 Å². The van der Waals surface area contributed by atoms with Gasteiger partial charge in [0.2, 0.25) is 6.85 Å². The molecule has 0 amide bonds. The van der Waals surface area contributed by atoms with Crippen molar-refractivity contribution in [1.29, 1.82) is 0 Å². The highest BCUT2D eigenvalue weighted by molar-refractivity contribution is 6.54. The summed E-state index contributed by atoms with van der Waals surface area (Å²) in [6, 6.07) is 0. The van der Waals surface area contributed by atoms with Crippen molar-refractivity contribution in [2.75, 3.05) is 7.05 Å². The minimum absolute atomic E-state index is 0.709. The van der Waals surface area contributed by atoms with E-state index in [0.717, 1.165) is 11.8 Å². The average molecular weight is 153 g/mol. The van der Waals surface area contributed by atoms with Crippen molar-refractivity contribution in [2.24, 2.45) is 11.8 Å². The lowest BCUT2D eigenvalue weighted by molar-refractivity contribution is 0.452. The summed E-state index contributed by atoms with van der Waals surface area (Å²) in [5.74, 6) is 1.98. The molecule has 1 N–H and O–H groups in total. The Bertz CT molecular complexity index is 116.